The van der Waals surface area contributed by atoms with Gasteiger partial charge in [0, 0.05) is 19.3 Å². The quantitative estimate of drug-likeness (QED) is 0.709. The number of nitrogens with zero attached hydrogens (tertiary/aromatic N) is 2. The fourth-order valence-corrected chi connectivity index (χ4v) is 1.98. The average molecular weight is 241 g/mol. The molecule has 0 amide bonds. The van der Waals surface area contributed by atoms with Crippen LogP contribution in [-0.4, -0.2) is 28.3 Å². The summed E-state index contributed by atoms with van der Waals surface area (Å²) in [7, 11) is 0. The SMILES string of the molecule is CSCCCn1nccc1CNCC(C)C. The summed E-state index contributed by atoms with van der Waals surface area (Å²) in [6.07, 6.45) is 5.24. The second-order valence-corrected chi connectivity index (χ2v) is 5.40. The van der Waals surface area contributed by atoms with Gasteiger partial charge >= 0.3 is 0 Å². The van der Waals surface area contributed by atoms with E-state index in [-0.39, 0.29) is 0 Å². The van der Waals surface area contributed by atoms with Crippen molar-refractivity contribution < 1.29 is 0 Å². The normalized spacial score (nSPS) is 11.2. The lowest BCUT2D eigenvalue weighted by Crippen LogP contribution is -2.21. The molecule has 4 heteroatoms. The van der Waals surface area contributed by atoms with Gasteiger partial charge in [-0.05, 0) is 37.0 Å². The molecule has 1 N–H and O–H groups in total. The first-order valence-corrected chi connectivity index (χ1v) is 7.33. The minimum Gasteiger partial charge on any atom is -0.311 e. The molecule has 1 aromatic rings. The van der Waals surface area contributed by atoms with Crippen molar-refractivity contribution in [1.82, 2.24) is 15.1 Å². The van der Waals surface area contributed by atoms with Gasteiger partial charge in [0.05, 0.1) is 5.69 Å². The van der Waals surface area contributed by atoms with E-state index in [1.54, 1.807) is 0 Å². The third-order valence-electron chi connectivity index (χ3n) is 2.38. The summed E-state index contributed by atoms with van der Waals surface area (Å²) in [6.45, 7) is 7.48. The summed E-state index contributed by atoms with van der Waals surface area (Å²) < 4.78 is 2.11. The molecule has 0 aliphatic carbocycles. The van der Waals surface area contributed by atoms with E-state index >= 15 is 0 Å². The number of rotatable bonds is 8. The van der Waals surface area contributed by atoms with Gasteiger partial charge in [-0.15, -0.1) is 0 Å². The molecule has 16 heavy (non-hydrogen) atoms. The Morgan fingerprint density at radius 2 is 2.31 bits per heavy atom. The smallest absolute Gasteiger partial charge is 0.0522 e. The van der Waals surface area contributed by atoms with E-state index in [2.05, 4.69) is 41.3 Å². The molecule has 0 atom stereocenters. The van der Waals surface area contributed by atoms with Gasteiger partial charge in [0.25, 0.3) is 0 Å². The molecule has 0 spiro atoms. The lowest BCUT2D eigenvalue weighted by Gasteiger charge is -2.09. The fraction of sp³-hybridized carbons (Fsp3) is 0.750. The van der Waals surface area contributed by atoms with Gasteiger partial charge in [-0.3, -0.25) is 4.68 Å². The van der Waals surface area contributed by atoms with Crippen molar-refractivity contribution in [3.8, 4) is 0 Å². The summed E-state index contributed by atoms with van der Waals surface area (Å²) in [5.41, 5.74) is 1.29. The molecule has 0 aliphatic heterocycles. The predicted molar refractivity (Wildman–Crippen MR) is 71.8 cm³/mol. The minimum atomic E-state index is 0.702. The van der Waals surface area contributed by atoms with Crippen LogP contribution in [0, 0.1) is 5.92 Å². The summed E-state index contributed by atoms with van der Waals surface area (Å²) >= 11 is 1.89. The Morgan fingerprint density at radius 3 is 3.00 bits per heavy atom. The lowest BCUT2D eigenvalue weighted by molar-refractivity contribution is 0.515. The van der Waals surface area contributed by atoms with Crippen molar-refractivity contribution >= 4 is 11.8 Å². The summed E-state index contributed by atoms with van der Waals surface area (Å²) in [5.74, 6) is 1.91. The highest BCUT2D eigenvalue weighted by atomic mass is 32.2. The number of aromatic nitrogens is 2. The highest BCUT2D eigenvalue weighted by Gasteiger charge is 2.02. The maximum atomic E-state index is 4.35. The Balaban J connectivity index is 2.32. The van der Waals surface area contributed by atoms with Crippen molar-refractivity contribution in [2.45, 2.75) is 33.4 Å². The Kier molecular flexibility index (Phi) is 6.57. The van der Waals surface area contributed by atoms with Gasteiger partial charge in [0.15, 0.2) is 0 Å². The van der Waals surface area contributed by atoms with Gasteiger partial charge in [-0.25, -0.2) is 0 Å². The molecular weight excluding hydrogens is 218 g/mol. The zero-order valence-electron chi connectivity index (χ0n) is 10.6. The molecule has 0 saturated heterocycles. The zero-order valence-corrected chi connectivity index (χ0v) is 11.4. The van der Waals surface area contributed by atoms with E-state index in [0.717, 1.165) is 19.6 Å². The zero-order chi connectivity index (χ0) is 11.8. The number of nitrogens with one attached hydrogen (secondary N) is 1. The fourth-order valence-electron chi connectivity index (χ4n) is 1.56. The summed E-state index contributed by atoms with van der Waals surface area (Å²) in [5, 5.41) is 7.81. The number of aryl methyl sites for hydroxylation is 1. The van der Waals surface area contributed by atoms with E-state index in [1.807, 2.05) is 18.0 Å². The van der Waals surface area contributed by atoms with Gasteiger partial charge in [0.2, 0.25) is 0 Å². The van der Waals surface area contributed by atoms with Gasteiger partial charge in [0.1, 0.15) is 0 Å². The first kappa shape index (κ1) is 13.6. The van der Waals surface area contributed by atoms with E-state index < -0.39 is 0 Å². The molecule has 0 aliphatic rings. The average Bonchev–Trinajstić information content (AvgIpc) is 2.66. The summed E-state index contributed by atoms with van der Waals surface area (Å²) in [6, 6.07) is 2.10. The van der Waals surface area contributed by atoms with Crippen LogP contribution in [0.1, 0.15) is 26.0 Å². The molecule has 0 fully saturated rings. The molecule has 0 saturated carbocycles. The van der Waals surface area contributed by atoms with Crippen LogP contribution in [0.25, 0.3) is 0 Å². The maximum Gasteiger partial charge on any atom is 0.0522 e. The first-order chi connectivity index (χ1) is 7.74. The van der Waals surface area contributed by atoms with Crippen LogP contribution in [0.15, 0.2) is 12.3 Å². The second-order valence-electron chi connectivity index (χ2n) is 4.42. The third kappa shape index (κ3) is 5.03. The van der Waals surface area contributed by atoms with Crippen molar-refractivity contribution in [1.29, 1.82) is 0 Å². The molecule has 3 nitrogen and oxygen atoms in total. The number of hydrogen-bond acceptors (Lipinski definition) is 3. The monoisotopic (exact) mass is 241 g/mol. The van der Waals surface area contributed by atoms with Crippen molar-refractivity contribution in [2.75, 3.05) is 18.6 Å². The van der Waals surface area contributed by atoms with E-state index in [0.29, 0.717) is 5.92 Å². The molecule has 0 aromatic carbocycles. The molecule has 92 valence electrons. The molecule has 0 bridgehead atoms. The standard InChI is InChI=1S/C12H23N3S/c1-11(2)9-13-10-12-5-6-14-15(12)7-4-8-16-3/h5-6,11,13H,4,7-10H2,1-3H3. The summed E-state index contributed by atoms with van der Waals surface area (Å²) in [4.78, 5) is 0. The third-order valence-corrected chi connectivity index (χ3v) is 3.08. The number of thioether (sulfide) groups is 1. The van der Waals surface area contributed by atoms with Crippen LogP contribution in [0.2, 0.25) is 0 Å². The Bertz CT molecular complexity index is 284. The molecule has 0 unspecified atom stereocenters. The lowest BCUT2D eigenvalue weighted by atomic mass is 10.2. The topological polar surface area (TPSA) is 29.9 Å². The second kappa shape index (κ2) is 7.74. The van der Waals surface area contributed by atoms with Crippen LogP contribution < -0.4 is 5.32 Å². The first-order valence-electron chi connectivity index (χ1n) is 5.94. The largest absolute Gasteiger partial charge is 0.311 e. The van der Waals surface area contributed by atoms with Gasteiger partial charge in [-0.1, -0.05) is 13.8 Å². The van der Waals surface area contributed by atoms with Crippen LogP contribution in [0.4, 0.5) is 0 Å². The molecule has 0 radical (unpaired) electrons. The van der Waals surface area contributed by atoms with E-state index in [9.17, 15) is 0 Å². The van der Waals surface area contributed by atoms with Crippen LogP contribution in [-0.2, 0) is 13.1 Å². The minimum absolute atomic E-state index is 0.702. The van der Waals surface area contributed by atoms with Crippen molar-refractivity contribution in [3.05, 3.63) is 18.0 Å². The molecular formula is C12H23N3S. The van der Waals surface area contributed by atoms with Crippen molar-refractivity contribution in [3.63, 3.8) is 0 Å². The Hall–Kier alpha value is -0.480. The van der Waals surface area contributed by atoms with Gasteiger partial charge in [-0.2, -0.15) is 16.9 Å². The van der Waals surface area contributed by atoms with Crippen LogP contribution >= 0.6 is 11.8 Å². The Morgan fingerprint density at radius 1 is 1.50 bits per heavy atom. The van der Waals surface area contributed by atoms with Crippen LogP contribution in [0.5, 0.6) is 0 Å². The van der Waals surface area contributed by atoms with Gasteiger partial charge < -0.3 is 5.32 Å². The van der Waals surface area contributed by atoms with E-state index in [4.69, 9.17) is 0 Å². The predicted octanol–water partition coefficient (Wildman–Crippen LogP) is 2.38. The van der Waals surface area contributed by atoms with Crippen LogP contribution in [0.3, 0.4) is 0 Å². The maximum absolute atomic E-state index is 4.35. The Labute approximate surface area is 103 Å². The number of hydrogen-bond donors (Lipinski definition) is 1. The molecule has 1 heterocycles. The highest BCUT2D eigenvalue weighted by Crippen LogP contribution is 2.03. The van der Waals surface area contributed by atoms with Crippen molar-refractivity contribution in [2.24, 2.45) is 5.92 Å². The highest BCUT2D eigenvalue weighted by molar-refractivity contribution is 7.98. The molecule has 1 rings (SSSR count). The van der Waals surface area contributed by atoms with E-state index in [1.165, 1.54) is 17.9 Å². The molecule has 1 aromatic heterocycles.